The number of aryl methyl sites for hydroxylation is 1. The van der Waals surface area contributed by atoms with Crippen LogP contribution >= 0.6 is 0 Å². The largest absolute Gasteiger partial charge is 0.371 e. The fourth-order valence-electron chi connectivity index (χ4n) is 5.83. The number of H-pyrrole nitrogens is 1. The van der Waals surface area contributed by atoms with Gasteiger partial charge in [0.05, 0.1) is 5.56 Å². The summed E-state index contributed by atoms with van der Waals surface area (Å²) in [5.74, 6) is 3.51. The van der Waals surface area contributed by atoms with E-state index < -0.39 is 8.07 Å². The van der Waals surface area contributed by atoms with Crippen molar-refractivity contribution in [1.29, 1.82) is 0 Å². The number of aromatic nitrogens is 1. The highest BCUT2D eigenvalue weighted by molar-refractivity contribution is 6.83. The lowest BCUT2D eigenvalue weighted by Crippen LogP contribution is -2.42. The molecule has 1 fully saturated rings. The Morgan fingerprint density at radius 1 is 1.14 bits per heavy atom. The number of carbonyl (C=O) groups is 1. The Morgan fingerprint density at radius 2 is 1.86 bits per heavy atom. The first-order chi connectivity index (χ1) is 17.0. The lowest BCUT2D eigenvalue weighted by Gasteiger charge is -2.38. The van der Waals surface area contributed by atoms with Crippen LogP contribution in [0, 0.1) is 11.5 Å². The minimum absolute atomic E-state index is 0.140. The summed E-state index contributed by atoms with van der Waals surface area (Å²) in [7, 11) is 0.598. The first kappa shape index (κ1) is 24.9. The molecule has 1 aromatic heterocycles. The van der Waals surface area contributed by atoms with E-state index in [1.54, 1.807) is 0 Å². The van der Waals surface area contributed by atoms with Crippen molar-refractivity contribution in [3.63, 3.8) is 0 Å². The van der Waals surface area contributed by atoms with Crippen LogP contribution in [0.2, 0.25) is 19.6 Å². The third kappa shape index (κ3) is 4.21. The van der Waals surface area contributed by atoms with Crippen LogP contribution in [-0.4, -0.2) is 45.0 Å². The maximum absolute atomic E-state index is 14.0. The molecule has 2 heterocycles. The average molecular weight is 498 g/mol. The second kappa shape index (κ2) is 8.94. The molecule has 0 unspecified atom stereocenters. The molecule has 4 nitrogen and oxygen atoms in total. The Labute approximate surface area is 216 Å². The number of aromatic amines is 1. The summed E-state index contributed by atoms with van der Waals surface area (Å²) in [6.07, 6.45) is 3.21. The zero-order valence-electron chi connectivity index (χ0n) is 22.9. The first-order valence-corrected chi connectivity index (χ1v) is 16.9. The molecule has 188 valence electrons. The number of ketones is 1. The SMILES string of the molecule is CCc1cc2c(cc1N1CCC(NC)CC1)C(C)(C)c1[nH]c3cc(C#C[Si](C)(C)C)ccc3c1C2=O. The van der Waals surface area contributed by atoms with Crippen molar-refractivity contribution in [1.82, 2.24) is 10.3 Å². The van der Waals surface area contributed by atoms with Crippen LogP contribution in [0.1, 0.15) is 71.9 Å². The van der Waals surface area contributed by atoms with E-state index in [1.807, 2.05) is 0 Å². The fourth-order valence-corrected chi connectivity index (χ4v) is 6.35. The van der Waals surface area contributed by atoms with Crippen LogP contribution in [-0.2, 0) is 11.8 Å². The van der Waals surface area contributed by atoms with E-state index in [4.69, 9.17) is 0 Å². The molecule has 2 aromatic carbocycles. The molecule has 0 bridgehead atoms. The van der Waals surface area contributed by atoms with Crippen molar-refractivity contribution in [3.05, 3.63) is 63.8 Å². The Morgan fingerprint density at radius 3 is 2.50 bits per heavy atom. The van der Waals surface area contributed by atoms with E-state index in [-0.39, 0.29) is 11.2 Å². The molecular formula is C31H39N3OSi. The van der Waals surface area contributed by atoms with Gasteiger partial charge in [-0.2, -0.15) is 0 Å². The lowest BCUT2D eigenvalue weighted by molar-refractivity contribution is 0.103. The predicted molar refractivity (Wildman–Crippen MR) is 154 cm³/mol. The summed E-state index contributed by atoms with van der Waals surface area (Å²) in [6.45, 7) is 15.6. The van der Waals surface area contributed by atoms with Gasteiger partial charge in [-0.05, 0) is 61.7 Å². The highest BCUT2D eigenvalue weighted by Crippen LogP contribution is 2.46. The summed E-state index contributed by atoms with van der Waals surface area (Å²) in [5.41, 5.74) is 11.6. The van der Waals surface area contributed by atoms with Crippen molar-refractivity contribution in [2.45, 2.75) is 71.1 Å². The fraction of sp³-hybridized carbons (Fsp3) is 0.452. The lowest BCUT2D eigenvalue weighted by atomic mass is 9.70. The highest BCUT2D eigenvalue weighted by atomic mass is 28.3. The second-order valence-corrected chi connectivity index (χ2v) is 16.8. The first-order valence-electron chi connectivity index (χ1n) is 13.4. The van der Waals surface area contributed by atoms with Crippen molar-refractivity contribution in [2.75, 3.05) is 25.0 Å². The molecule has 36 heavy (non-hydrogen) atoms. The maximum Gasteiger partial charge on any atom is 0.195 e. The summed E-state index contributed by atoms with van der Waals surface area (Å²) < 4.78 is 0. The third-order valence-corrected chi connectivity index (χ3v) is 8.87. The van der Waals surface area contributed by atoms with E-state index in [9.17, 15) is 4.79 Å². The van der Waals surface area contributed by atoms with Gasteiger partial charge < -0.3 is 15.2 Å². The van der Waals surface area contributed by atoms with Gasteiger partial charge in [0.15, 0.2) is 5.78 Å². The predicted octanol–water partition coefficient (Wildman–Crippen LogP) is 6.02. The van der Waals surface area contributed by atoms with Crippen LogP contribution in [0.5, 0.6) is 0 Å². The summed E-state index contributed by atoms with van der Waals surface area (Å²) in [5, 5.41) is 4.44. The Bertz CT molecular complexity index is 1410. The van der Waals surface area contributed by atoms with Gasteiger partial charge in [0, 0.05) is 58.0 Å². The number of nitrogens with one attached hydrogen (secondary N) is 2. The molecule has 0 saturated carbocycles. The topological polar surface area (TPSA) is 48.1 Å². The van der Waals surface area contributed by atoms with E-state index >= 15 is 0 Å². The quantitative estimate of drug-likeness (QED) is 0.344. The number of hydrogen-bond donors (Lipinski definition) is 2. The van der Waals surface area contributed by atoms with Gasteiger partial charge in [-0.25, -0.2) is 0 Å². The normalized spacial score (nSPS) is 17.5. The van der Waals surface area contributed by atoms with Crippen molar-refractivity contribution in [3.8, 4) is 11.5 Å². The van der Waals surface area contributed by atoms with Gasteiger partial charge >= 0.3 is 0 Å². The minimum Gasteiger partial charge on any atom is -0.371 e. The van der Waals surface area contributed by atoms with Crippen LogP contribution in [0.15, 0.2) is 30.3 Å². The van der Waals surface area contributed by atoms with Gasteiger partial charge in [0.2, 0.25) is 0 Å². The molecule has 3 aromatic rings. The zero-order valence-corrected chi connectivity index (χ0v) is 23.9. The molecule has 1 aliphatic heterocycles. The van der Waals surface area contributed by atoms with Crippen LogP contribution < -0.4 is 10.2 Å². The molecule has 0 spiro atoms. The third-order valence-electron chi connectivity index (χ3n) is 7.99. The number of fused-ring (bicyclic) bond motifs is 4. The molecule has 2 N–H and O–H groups in total. The number of hydrogen-bond acceptors (Lipinski definition) is 3. The van der Waals surface area contributed by atoms with E-state index in [1.165, 1.54) is 11.3 Å². The minimum atomic E-state index is -1.46. The van der Waals surface area contributed by atoms with Gasteiger partial charge in [-0.15, -0.1) is 5.54 Å². The number of rotatable bonds is 3. The number of anilines is 1. The van der Waals surface area contributed by atoms with Gasteiger partial charge in [0.1, 0.15) is 8.07 Å². The highest BCUT2D eigenvalue weighted by Gasteiger charge is 2.40. The van der Waals surface area contributed by atoms with Gasteiger partial charge in [-0.3, -0.25) is 4.79 Å². The summed E-state index contributed by atoms with van der Waals surface area (Å²) in [4.78, 5) is 20.2. The molecule has 2 aliphatic rings. The second-order valence-electron chi connectivity index (χ2n) is 12.0. The number of benzene rings is 2. The summed E-state index contributed by atoms with van der Waals surface area (Å²) in [6, 6.07) is 11.4. The van der Waals surface area contributed by atoms with Gasteiger partial charge in [-0.1, -0.05) is 52.4 Å². The molecule has 0 amide bonds. The number of nitrogens with zero attached hydrogens (tertiary/aromatic N) is 1. The Balaban J connectivity index is 1.61. The number of piperidine rings is 1. The monoisotopic (exact) mass is 497 g/mol. The Hall–Kier alpha value is -2.81. The summed E-state index contributed by atoms with van der Waals surface area (Å²) >= 11 is 0. The molecular weight excluding hydrogens is 458 g/mol. The molecule has 1 aliphatic carbocycles. The molecule has 0 radical (unpaired) electrons. The number of carbonyl (C=O) groups excluding carboxylic acids is 1. The molecule has 1 saturated heterocycles. The van der Waals surface area contributed by atoms with E-state index in [2.05, 4.69) is 104 Å². The van der Waals surface area contributed by atoms with Crippen molar-refractivity contribution in [2.24, 2.45) is 0 Å². The smallest absolute Gasteiger partial charge is 0.195 e. The van der Waals surface area contributed by atoms with E-state index in [0.717, 1.165) is 71.2 Å². The van der Waals surface area contributed by atoms with E-state index in [0.29, 0.717) is 6.04 Å². The molecule has 5 rings (SSSR count). The van der Waals surface area contributed by atoms with Crippen LogP contribution in [0.3, 0.4) is 0 Å². The Kier molecular flexibility index (Phi) is 6.17. The van der Waals surface area contributed by atoms with Crippen LogP contribution in [0.25, 0.3) is 10.9 Å². The van der Waals surface area contributed by atoms with Crippen molar-refractivity contribution >= 4 is 30.4 Å². The zero-order chi connectivity index (χ0) is 25.8. The van der Waals surface area contributed by atoms with Crippen molar-refractivity contribution < 1.29 is 4.79 Å². The molecule has 5 heteroatoms. The van der Waals surface area contributed by atoms with Gasteiger partial charge in [0.25, 0.3) is 0 Å². The molecule has 0 atom stereocenters. The van der Waals surface area contributed by atoms with Crippen LogP contribution in [0.4, 0.5) is 5.69 Å². The average Bonchev–Trinajstić information content (AvgIpc) is 3.25. The maximum atomic E-state index is 14.0. The standard InChI is InChI=1S/C31H39N3OSi/c1-8-21-18-24-25(19-27(21)34-14-11-22(32-4)12-15-34)31(2,3)30-28(29(24)35)23-10-9-20(17-26(23)33-30)13-16-36(5,6)7/h9-10,17-19,22,32-33H,8,11-12,14-15H2,1-7H3.